The zero-order valence-electron chi connectivity index (χ0n) is 17.7. The third-order valence-electron chi connectivity index (χ3n) is 4.56. The fourth-order valence-electron chi connectivity index (χ4n) is 2.80. The molecule has 0 aliphatic carbocycles. The van der Waals surface area contributed by atoms with Crippen LogP contribution in [0.1, 0.15) is 64.9 Å². The van der Waals surface area contributed by atoms with Crippen molar-refractivity contribution in [3.8, 4) is 5.75 Å². The third-order valence-corrected chi connectivity index (χ3v) is 6.99. The van der Waals surface area contributed by atoms with E-state index >= 15 is 0 Å². The Morgan fingerprint density at radius 3 is 1.79 bits per heavy atom. The van der Waals surface area contributed by atoms with Crippen molar-refractivity contribution >= 4 is 13.2 Å². The zero-order chi connectivity index (χ0) is 20.1. The molecule has 0 atom stereocenters. The van der Waals surface area contributed by atoms with Crippen molar-refractivity contribution in [1.29, 1.82) is 0 Å². The summed E-state index contributed by atoms with van der Waals surface area (Å²) >= 11 is 0. The summed E-state index contributed by atoms with van der Waals surface area (Å²) in [5.74, 6) is 0.791. The summed E-state index contributed by atoms with van der Waals surface area (Å²) in [5.41, 5.74) is 1.35. The SMILES string of the molecule is CCCCO[P+](OCCCC)(Oc1ccccc1)c1ccc(CCCC)cc1. The Morgan fingerprint density at radius 1 is 0.679 bits per heavy atom. The zero-order valence-corrected chi connectivity index (χ0v) is 18.6. The summed E-state index contributed by atoms with van der Waals surface area (Å²) in [4.78, 5) is 0. The smallest absolute Gasteiger partial charge is 0.281 e. The molecule has 2 aromatic carbocycles. The number of rotatable bonds is 14. The summed E-state index contributed by atoms with van der Waals surface area (Å²) in [6.07, 6.45) is 7.66. The van der Waals surface area contributed by atoms with Crippen LogP contribution in [0.3, 0.4) is 0 Å². The van der Waals surface area contributed by atoms with Crippen LogP contribution >= 0.6 is 7.94 Å². The molecule has 0 amide bonds. The molecule has 2 rings (SSSR count). The maximum atomic E-state index is 6.47. The molecule has 0 heterocycles. The fraction of sp³-hybridized carbons (Fsp3) is 0.500. The van der Waals surface area contributed by atoms with Crippen molar-refractivity contribution in [2.24, 2.45) is 0 Å². The molecule has 0 N–H and O–H groups in total. The van der Waals surface area contributed by atoms with Crippen LogP contribution in [0.15, 0.2) is 54.6 Å². The van der Waals surface area contributed by atoms with Crippen LogP contribution in [0, 0.1) is 0 Å². The molecule has 0 fully saturated rings. The van der Waals surface area contributed by atoms with E-state index in [2.05, 4.69) is 45.0 Å². The summed E-state index contributed by atoms with van der Waals surface area (Å²) in [7, 11) is -2.68. The lowest BCUT2D eigenvalue weighted by molar-refractivity contribution is 0.187. The molecular weight excluding hydrogens is 367 g/mol. The van der Waals surface area contributed by atoms with Gasteiger partial charge in [-0.05, 0) is 55.5 Å². The normalized spacial score (nSPS) is 11.5. The van der Waals surface area contributed by atoms with Gasteiger partial charge in [0.15, 0.2) is 11.1 Å². The van der Waals surface area contributed by atoms with Gasteiger partial charge in [0.05, 0.1) is 13.2 Å². The van der Waals surface area contributed by atoms with E-state index in [9.17, 15) is 0 Å². The molecule has 154 valence electrons. The Kier molecular flexibility index (Phi) is 10.6. The van der Waals surface area contributed by atoms with E-state index < -0.39 is 7.94 Å². The van der Waals surface area contributed by atoms with E-state index in [-0.39, 0.29) is 0 Å². The van der Waals surface area contributed by atoms with Crippen LogP contribution in [0.25, 0.3) is 0 Å². The van der Waals surface area contributed by atoms with E-state index in [1.54, 1.807) is 0 Å². The van der Waals surface area contributed by atoms with Gasteiger partial charge < -0.3 is 0 Å². The lowest BCUT2D eigenvalue weighted by atomic mass is 10.1. The minimum absolute atomic E-state index is 0.640. The van der Waals surface area contributed by atoms with Gasteiger partial charge in [0, 0.05) is 0 Å². The van der Waals surface area contributed by atoms with Gasteiger partial charge in [-0.2, -0.15) is 9.05 Å². The van der Waals surface area contributed by atoms with Gasteiger partial charge in [-0.1, -0.05) is 70.4 Å². The Balaban J connectivity index is 2.31. The molecular formula is C24H36O3P+. The summed E-state index contributed by atoms with van der Waals surface area (Å²) in [5, 5.41) is 1.02. The molecule has 4 heteroatoms. The minimum Gasteiger partial charge on any atom is -0.281 e. The molecule has 0 unspecified atom stereocenters. The Labute approximate surface area is 172 Å². The number of benzene rings is 2. The first-order valence-corrected chi connectivity index (χ1v) is 12.3. The maximum absolute atomic E-state index is 6.47. The second-order valence-corrected chi connectivity index (χ2v) is 9.26. The summed E-state index contributed by atoms with van der Waals surface area (Å²) in [6.45, 7) is 7.84. The molecule has 0 saturated carbocycles. The van der Waals surface area contributed by atoms with Gasteiger partial charge >= 0.3 is 7.94 Å². The average Bonchev–Trinajstić information content (AvgIpc) is 2.73. The molecule has 0 radical (unpaired) electrons. The molecule has 0 bridgehead atoms. The van der Waals surface area contributed by atoms with Crippen LogP contribution in [0.5, 0.6) is 5.75 Å². The van der Waals surface area contributed by atoms with E-state index in [0.29, 0.717) is 13.2 Å². The van der Waals surface area contributed by atoms with Crippen LogP contribution < -0.4 is 9.83 Å². The quantitative estimate of drug-likeness (QED) is 0.248. The van der Waals surface area contributed by atoms with Gasteiger partial charge in [0.25, 0.3) is 0 Å². The standard InChI is InChI=1S/C24H36O3P/c1-4-7-13-22-16-18-24(19-17-22)28(25-20-8-5-2,26-21-9-6-3)27-23-14-11-10-12-15-23/h10-12,14-19H,4-9,13,20-21H2,1-3H3/q+1. The number of hydrogen-bond donors (Lipinski definition) is 0. The second kappa shape index (κ2) is 12.9. The summed E-state index contributed by atoms with van der Waals surface area (Å²) < 4.78 is 19.3. The second-order valence-electron chi connectivity index (χ2n) is 7.05. The van der Waals surface area contributed by atoms with Gasteiger partial charge in [-0.3, -0.25) is 4.52 Å². The predicted molar refractivity (Wildman–Crippen MR) is 120 cm³/mol. The molecule has 3 nitrogen and oxygen atoms in total. The van der Waals surface area contributed by atoms with E-state index in [1.165, 1.54) is 18.4 Å². The van der Waals surface area contributed by atoms with E-state index in [4.69, 9.17) is 13.6 Å². The molecule has 0 aliphatic rings. The molecule has 0 spiro atoms. The van der Waals surface area contributed by atoms with Crippen LogP contribution in [0.4, 0.5) is 0 Å². The number of para-hydroxylation sites is 1. The predicted octanol–water partition coefficient (Wildman–Crippen LogP) is 7.13. The van der Waals surface area contributed by atoms with E-state index in [1.807, 2.05) is 30.3 Å². The topological polar surface area (TPSA) is 27.7 Å². The Bertz CT molecular complexity index is 633. The Hall–Kier alpha value is -1.41. The highest BCUT2D eigenvalue weighted by molar-refractivity contribution is 7.69. The lowest BCUT2D eigenvalue weighted by Gasteiger charge is -2.22. The highest BCUT2D eigenvalue weighted by Crippen LogP contribution is 2.60. The van der Waals surface area contributed by atoms with Gasteiger partial charge in [0.1, 0.15) is 0 Å². The highest BCUT2D eigenvalue weighted by Gasteiger charge is 2.50. The molecule has 0 saturated heterocycles. The highest BCUT2D eigenvalue weighted by atomic mass is 31.2. The molecule has 0 aromatic heterocycles. The first kappa shape index (κ1) is 22.9. The first-order valence-electron chi connectivity index (χ1n) is 10.8. The first-order chi connectivity index (χ1) is 13.7. The Morgan fingerprint density at radius 2 is 1.25 bits per heavy atom. The van der Waals surface area contributed by atoms with Crippen molar-refractivity contribution in [3.63, 3.8) is 0 Å². The third kappa shape index (κ3) is 7.20. The van der Waals surface area contributed by atoms with Crippen molar-refractivity contribution in [1.82, 2.24) is 0 Å². The van der Waals surface area contributed by atoms with Crippen LogP contribution in [-0.4, -0.2) is 13.2 Å². The average molecular weight is 404 g/mol. The lowest BCUT2D eigenvalue weighted by Crippen LogP contribution is -2.23. The molecule has 0 aliphatic heterocycles. The van der Waals surface area contributed by atoms with Gasteiger partial charge in [-0.15, -0.1) is 0 Å². The number of unbranched alkanes of at least 4 members (excludes halogenated alkanes) is 3. The monoisotopic (exact) mass is 403 g/mol. The number of aryl methyl sites for hydroxylation is 1. The largest absolute Gasteiger partial charge is 0.492 e. The number of hydrogen-bond acceptors (Lipinski definition) is 3. The fourth-order valence-corrected chi connectivity index (χ4v) is 5.03. The van der Waals surface area contributed by atoms with Crippen molar-refractivity contribution in [2.45, 2.75) is 65.7 Å². The van der Waals surface area contributed by atoms with Crippen molar-refractivity contribution in [2.75, 3.05) is 13.2 Å². The molecule has 2 aromatic rings. The molecule has 28 heavy (non-hydrogen) atoms. The van der Waals surface area contributed by atoms with Crippen molar-refractivity contribution < 1.29 is 13.6 Å². The van der Waals surface area contributed by atoms with Crippen LogP contribution in [0.2, 0.25) is 0 Å². The maximum Gasteiger partial charge on any atom is 0.492 e. The summed E-state index contributed by atoms with van der Waals surface area (Å²) in [6, 6.07) is 18.6. The van der Waals surface area contributed by atoms with E-state index in [0.717, 1.165) is 43.2 Å². The minimum atomic E-state index is -2.68. The van der Waals surface area contributed by atoms with Gasteiger partial charge in [0.2, 0.25) is 0 Å². The van der Waals surface area contributed by atoms with Crippen LogP contribution in [-0.2, 0) is 15.5 Å². The van der Waals surface area contributed by atoms with Crippen molar-refractivity contribution in [3.05, 3.63) is 60.2 Å². The van der Waals surface area contributed by atoms with Gasteiger partial charge in [-0.25, -0.2) is 0 Å².